The first kappa shape index (κ1) is 16.1. The number of hydrogen-bond acceptors (Lipinski definition) is 4. The monoisotopic (exact) mass is 281 g/mol. The van der Waals surface area contributed by atoms with Crippen LogP contribution in [-0.2, 0) is 9.53 Å². The van der Waals surface area contributed by atoms with Gasteiger partial charge in [0.2, 0.25) is 0 Å². The first-order valence-electron chi connectivity index (χ1n) is 6.57. The normalized spacial score (nSPS) is 15.6. The Hall–Kier alpha value is -1.00. The van der Waals surface area contributed by atoms with Crippen molar-refractivity contribution < 1.29 is 9.53 Å². The van der Waals surface area contributed by atoms with Crippen LogP contribution in [0.3, 0.4) is 0 Å². The van der Waals surface area contributed by atoms with Crippen LogP contribution < -0.4 is 5.32 Å². The topological polar surface area (TPSA) is 38.3 Å². The third-order valence-electron chi connectivity index (χ3n) is 2.98. The number of nitrogens with one attached hydrogen (secondary N) is 1. The van der Waals surface area contributed by atoms with Gasteiger partial charge in [-0.25, -0.2) is 0 Å². The first-order valence-corrected chi connectivity index (χ1v) is 7.45. The largest absolute Gasteiger partial charge is 0.468 e. The Bertz CT molecular complexity index is 396. The molecule has 106 valence electrons. The maximum absolute atomic E-state index is 11.9. The van der Waals surface area contributed by atoms with Crippen molar-refractivity contribution in [2.24, 2.45) is 0 Å². The van der Waals surface area contributed by atoms with Crippen LogP contribution in [-0.4, -0.2) is 30.4 Å². The molecule has 3 nitrogen and oxygen atoms in total. The van der Waals surface area contributed by atoms with E-state index in [0.717, 1.165) is 13.0 Å². The Morgan fingerprint density at radius 2 is 2.05 bits per heavy atom. The van der Waals surface area contributed by atoms with E-state index in [1.165, 1.54) is 12.0 Å². The van der Waals surface area contributed by atoms with Gasteiger partial charge < -0.3 is 10.1 Å². The molecule has 2 unspecified atom stereocenters. The second-order valence-corrected chi connectivity index (χ2v) is 6.31. The zero-order valence-electron chi connectivity index (χ0n) is 12.1. The van der Waals surface area contributed by atoms with E-state index in [1.807, 2.05) is 32.0 Å². The lowest BCUT2D eigenvalue weighted by atomic mass is 9.96. The molecule has 0 aliphatic heterocycles. The number of likely N-dealkylation sites (N-methyl/N-ethyl adjacent to an activating group) is 1. The predicted molar refractivity (Wildman–Crippen MR) is 80.5 cm³/mol. The summed E-state index contributed by atoms with van der Waals surface area (Å²) in [5.74, 6) is -0.199. The van der Waals surface area contributed by atoms with E-state index >= 15 is 0 Å². The molecule has 0 bridgehead atoms. The molecule has 1 aromatic rings. The number of carbonyl (C=O) groups is 1. The van der Waals surface area contributed by atoms with Crippen molar-refractivity contribution in [2.45, 2.75) is 42.9 Å². The molecule has 4 heteroatoms. The van der Waals surface area contributed by atoms with Crippen LogP contribution in [0, 0.1) is 0 Å². The highest BCUT2D eigenvalue weighted by Crippen LogP contribution is 2.29. The molecular formula is C15H23NO2S. The van der Waals surface area contributed by atoms with E-state index in [0.29, 0.717) is 5.25 Å². The van der Waals surface area contributed by atoms with E-state index < -0.39 is 5.54 Å². The van der Waals surface area contributed by atoms with E-state index in [1.54, 1.807) is 11.8 Å². The van der Waals surface area contributed by atoms with Crippen molar-refractivity contribution in [1.82, 2.24) is 5.32 Å². The maximum Gasteiger partial charge on any atom is 0.325 e. The second-order valence-electron chi connectivity index (χ2n) is 4.80. The van der Waals surface area contributed by atoms with Crippen LogP contribution in [0.1, 0.15) is 27.2 Å². The molecule has 0 heterocycles. The lowest BCUT2D eigenvalue weighted by molar-refractivity contribution is -0.148. The lowest BCUT2D eigenvalue weighted by Crippen LogP contribution is -2.51. The summed E-state index contributed by atoms with van der Waals surface area (Å²) in [6.45, 7) is 6.78. The van der Waals surface area contributed by atoms with Crippen LogP contribution in [0.25, 0.3) is 0 Å². The standard InChI is InChI=1S/C15H23NO2S/c1-5-16-15(3,14(17)18-4)11-12(2)19-13-9-7-6-8-10-13/h6-10,12,16H,5,11H2,1-4H3. The fraction of sp³-hybridized carbons (Fsp3) is 0.533. The van der Waals surface area contributed by atoms with Crippen LogP contribution in [0.5, 0.6) is 0 Å². The highest BCUT2D eigenvalue weighted by atomic mass is 32.2. The van der Waals surface area contributed by atoms with Crippen LogP contribution >= 0.6 is 11.8 Å². The maximum atomic E-state index is 11.9. The Kier molecular flexibility index (Phi) is 6.38. The third-order valence-corrected chi connectivity index (χ3v) is 4.09. The molecule has 1 aromatic carbocycles. The summed E-state index contributed by atoms with van der Waals surface area (Å²) in [7, 11) is 1.44. The van der Waals surface area contributed by atoms with Gasteiger partial charge in [0.15, 0.2) is 0 Å². The molecule has 0 fully saturated rings. The van der Waals surface area contributed by atoms with Gasteiger partial charge in [-0.3, -0.25) is 4.79 Å². The molecule has 1 N–H and O–H groups in total. The average Bonchev–Trinajstić information content (AvgIpc) is 2.38. The number of thioether (sulfide) groups is 1. The highest BCUT2D eigenvalue weighted by Gasteiger charge is 2.35. The Labute approximate surface area is 120 Å². The molecule has 0 spiro atoms. The van der Waals surface area contributed by atoms with Gasteiger partial charge >= 0.3 is 5.97 Å². The molecular weight excluding hydrogens is 258 g/mol. The quantitative estimate of drug-likeness (QED) is 0.615. The van der Waals surface area contributed by atoms with E-state index in [2.05, 4.69) is 24.4 Å². The first-order chi connectivity index (χ1) is 9.01. The van der Waals surface area contributed by atoms with Gasteiger partial charge in [0.05, 0.1) is 7.11 Å². The van der Waals surface area contributed by atoms with Gasteiger partial charge in [0, 0.05) is 10.1 Å². The zero-order valence-corrected chi connectivity index (χ0v) is 12.9. The molecule has 19 heavy (non-hydrogen) atoms. The summed E-state index contributed by atoms with van der Waals surface area (Å²) in [6.07, 6.45) is 0.729. The van der Waals surface area contributed by atoms with Crippen LogP contribution in [0.4, 0.5) is 0 Å². The number of rotatable bonds is 7. The van der Waals surface area contributed by atoms with Gasteiger partial charge in [-0.2, -0.15) is 0 Å². The van der Waals surface area contributed by atoms with Crippen molar-refractivity contribution in [3.05, 3.63) is 30.3 Å². The third kappa shape index (κ3) is 4.88. The highest BCUT2D eigenvalue weighted by molar-refractivity contribution is 7.99. The van der Waals surface area contributed by atoms with Crippen molar-refractivity contribution in [1.29, 1.82) is 0 Å². The Morgan fingerprint density at radius 3 is 2.58 bits per heavy atom. The molecule has 0 amide bonds. The van der Waals surface area contributed by atoms with E-state index in [-0.39, 0.29) is 5.97 Å². The number of benzene rings is 1. The fourth-order valence-corrected chi connectivity index (χ4v) is 3.39. The van der Waals surface area contributed by atoms with Gasteiger partial charge in [0.1, 0.15) is 5.54 Å². The number of methoxy groups -OCH3 is 1. The molecule has 0 aliphatic carbocycles. The van der Waals surface area contributed by atoms with Crippen molar-refractivity contribution in [3.63, 3.8) is 0 Å². The average molecular weight is 281 g/mol. The number of hydrogen-bond donors (Lipinski definition) is 1. The summed E-state index contributed by atoms with van der Waals surface area (Å²) in [5.41, 5.74) is -0.620. The SMILES string of the molecule is CCNC(C)(CC(C)Sc1ccccc1)C(=O)OC. The fourth-order valence-electron chi connectivity index (χ4n) is 2.19. The molecule has 0 saturated heterocycles. The molecule has 0 aliphatic rings. The number of carbonyl (C=O) groups excluding carboxylic acids is 1. The van der Waals surface area contributed by atoms with Crippen molar-refractivity contribution in [2.75, 3.05) is 13.7 Å². The number of ether oxygens (including phenoxy) is 1. The molecule has 0 saturated carbocycles. The molecule has 2 atom stereocenters. The van der Waals surface area contributed by atoms with E-state index in [4.69, 9.17) is 4.74 Å². The van der Waals surface area contributed by atoms with Gasteiger partial charge in [-0.1, -0.05) is 32.0 Å². The molecule has 1 rings (SSSR count). The summed E-state index contributed by atoms with van der Waals surface area (Å²) in [4.78, 5) is 13.1. The Morgan fingerprint density at radius 1 is 1.42 bits per heavy atom. The summed E-state index contributed by atoms with van der Waals surface area (Å²) < 4.78 is 4.91. The summed E-state index contributed by atoms with van der Waals surface area (Å²) >= 11 is 1.78. The molecule has 0 aromatic heterocycles. The lowest BCUT2D eigenvalue weighted by Gasteiger charge is -2.30. The van der Waals surface area contributed by atoms with E-state index in [9.17, 15) is 4.79 Å². The minimum absolute atomic E-state index is 0.199. The Balaban J connectivity index is 2.66. The van der Waals surface area contributed by atoms with Gasteiger partial charge in [-0.05, 0) is 32.0 Å². The van der Waals surface area contributed by atoms with Crippen molar-refractivity contribution >= 4 is 17.7 Å². The smallest absolute Gasteiger partial charge is 0.325 e. The predicted octanol–water partition coefficient (Wildman–Crippen LogP) is 3.10. The summed E-state index contributed by atoms with van der Waals surface area (Å²) in [6, 6.07) is 10.2. The van der Waals surface area contributed by atoms with Gasteiger partial charge in [-0.15, -0.1) is 11.8 Å². The van der Waals surface area contributed by atoms with Crippen LogP contribution in [0.15, 0.2) is 35.2 Å². The van der Waals surface area contributed by atoms with Gasteiger partial charge in [0.25, 0.3) is 0 Å². The molecule has 0 radical (unpaired) electrons. The van der Waals surface area contributed by atoms with Crippen molar-refractivity contribution in [3.8, 4) is 0 Å². The van der Waals surface area contributed by atoms with Crippen LogP contribution in [0.2, 0.25) is 0 Å². The minimum Gasteiger partial charge on any atom is -0.468 e. The second kappa shape index (κ2) is 7.56. The number of esters is 1. The minimum atomic E-state index is -0.620. The zero-order chi connectivity index (χ0) is 14.3. The summed E-state index contributed by atoms with van der Waals surface area (Å²) in [5, 5.41) is 3.56.